The molecule has 1 atom stereocenters. The number of pyridine rings is 1. The molecule has 23 heavy (non-hydrogen) atoms. The van der Waals surface area contributed by atoms with Gasteiger partial charge in [-0.15, -0.1) is 0 Å². The van der Waals surface area contributed by atoms with E-state index in [2.05, 4.69) is 4.98 Å². The van der Waals surface area contributed by atoms with Crippen molar-refractivity contribution >= 4 is 5.91 Å². The van der Waals surface area contributed by atoms with Gasteiger partial charge in [-0.2, -0.15) is 0 Å². The molecule has 1 aromatic heterocycles. The molecule has 3 aliphatic rings. The number of rotatable bonds is 3. The van der Waals surface area contributed by atoms with Crippen LogP contribution in [-0.2, 0) is 9.53 Å². The van der Waals surface area contributed by atoms with Gasteiger partial charge in [0.25, 0.3) is 11.8 Å². The molecule has 2 aliphatic heterocycles. The molecule has 3 heterocycles. The number of carbonyl (C=O) groups is 1. The van der Waals surface area contributed by atoms with Gasteiger partial charge in [-0.25, -0.2) is 13.8 Å². The smallest absolute Gasteiger partial charge is 0.260 e. The maximum atomic E-state index is 13.8. The molecule has 3 fully saturated rings. The summed E-state index contributed by atoms with van der Waals surface area (Å²) in [7, 11) is 0. The molecule has 0 unspecified atom stereocenters. The van der Waals surface area contributed by atoms with Crippen LogP contribution in [-0.4, -0.2) is 52.9 Å². The zero-order valence-electron chi connectivity index (χ0n) is 12.6. The van der Waals surface area contributed by atoms with Crippen LogP contribution in [0.25, 0.3) is 0 Å². The summed E-state index contributed by atoms with van der Waals surface area (Å²) in [5.41, 5.74) is -2.13. The number of halogens is 2. The third kappa shape index (κ3) is 2.67. The first-order valence-corrected chi connectivity index (χ1v) is 7.89. The van der Waals surface area contributed by atoms with Gasteiger partial charge < -0.3 is 14.4 Å². The monoisotopic (exact) mass is 324 g/mol. The van der Waals surface area contributed by atoms with Crippen molar-refractivity contribution < 1.29 is 23.0 Å². The molecule has 1 aromatic rings. The van der Waals surface area contributed by atoms with E-state index in [-0.39, 0.29) is 12.0 Å². The van der Waals surface area contributed by atoms with Crippen molar-refractivity contribution in [2.45, 2.75) is 43.1 Å². The van der Waals surface area contributed by atoms with Crippen LogP contribution in [0.15, 0.2) is 18.3 Å². The highest BCUT2D eigenvalue weighted by Crippen LogP contribution is 2.45. The van der Waals surface area contributed by atoms with E-state index in [1.807, 2.05) is 0 Å². The lowest BCUT2D eigenvalue weighted by atomic mass is 9.84. The molecule has 0 aromatic carbocycles. The Morgan fingerprint density at radius 2 is 2.22 bits per heavy atom. The lowest BCUT2D eigenvalue weighted by Gasteiger charge is -2.53. The Morgan fingerprint density at radius 1 is 1.43 bits per heavy atom. The van der Waals surface area contributed by atoms with Gasteiger partial charge >= 0.3 is 0 Å². The highest BCUT2D eigenvalue weighted by Gasteiger charge is 2.58. The van der Waals surface area contributed by atoms with Gasteiger partial charge in [0.15, 0.2) is 11.5 Å². The molecular weight excluding hydrogens is 306 g/mol. The summed E-state index contributed by atoms with van der Waals surface area (Å²) in [5, 5.41) is 0. The van der Waals surface area contributed by atoms with E-state index in [4.69, 9.17) is 9.47 Å². The van der Waals surface area contributed by atoms with E-state index < -0.39 is 23.0 Å². The van der Waals surface area contributed by atoms with Gasteiger partial charge in [-0.05, 0) is 25.0 Å². The number of amides is 1. The standard InChI is InChI=1S/C16H18F2N2O3/c17-12-2-1-6-19-13(12)23-11-3-7-22-15(8-11)9-20(10-15)14(21)16(18)4-5-16/h1-2,6,11H,3-5,7-10H2/t11-/m0/s1. The Morgan fingerprint density at radius 3 is 2.91 bits per heavy atom. The third-order valence-electron chi connectivity index (χ3n) is 4.77. The number of ether oxygens (including phenoxy) is 2. The molecule has 0 radical (unpaired) electrons. The number of carbonyl (C=O) groups excluding carboxylic acids is 1. The lowest BCUT2D eigenvalue weighted by Crippen LogP contribution is -2.68. The zero-order chi connectivity index (χ0) is 16.1. The zero-order valence-corrected chi connectivity index (χ0v) is 12.6. The van der Waals surface area contributed by atoms with Crippen LogP contribution in [0, 0.1) is 5.82 Å². The average molecular weight is 324 g/mol. The minimum atomic E-state index is -1.64. The molecule has 124 valence electrons. The van der Waals surface area contributed by atoms with Crippen LogP contribution in [0.5, 0.6) is 5.88 Å². The lowest BCUT2D eigenvalue weighted by molar-refractivity contribution is -0.197. The number of likely N-dealkylation sites (tertiary alicyclic amines) is 1. The summed E-state index contributed by atoms with van der Waals surface area (Å²) in [6.07, 6.45) is 3.09. The molecule has 1 spiro atoms. The fourth-order valence-corrected chi connectivity index (χ4v) is 3.32. The van der Waals surface area contributed by atoms with E-state index in [1.165, 1.54) is 23.2 Å². The normalized spacial score (nSPS) is 27.4. The quantitative estimate of drug-likeness (QED) is 0.852. The van der Waals surface area contributed by atoms with Gasteiger partial charge in [0, 0.05) is 19.0 Å². The summed E-state index contributed by atoms with van der Waals surface area (Å²) in [4.78, 5) is 17.4. The minimum absolute atomic E-state index is 0.0116. The number of hydrogen-bond donors (Lipinski definition) is 0. The van der Waals surface area contributed by atoms with Crippen LogP contribution >= 0.6 is 0 Å². The van der Waals surface area contributed by atoms with Crippen LogP contribution in [0.3, 0.4) is 0 Å². The molecule has 2 saturated heterocycles. The Hall–Kier alpha value is -1.76. The predicted octanol–water partition coefficient (Wildman–Crippen LogP) is 1.86. The van der Waals surface area contributed by atoms with E-state index in [9.17, 15) is 13.6 Å². The number of nitrogens with zero attached hydrogens (tertiary/aromatic N) is 2. The molecule has 1 saturated carbocycles. The first kappa shape index (κ1) is 14.8. The average Bonchev–Trinajstić information content (AvgIpc) is 3.26. The molecule has 7 heteroatoms. The van der Waals surface area contributed by atoms with Crippen molar-refractivity contribution in [3.63, 3.8) is 0 Å². The van der Waals surface area contributed by atoms with Crippen molar-refractivity contribution in [1.29, 1.82) is 0 Å². The topological polar surface area (TPSA) is 51.7 Å². The highest BCUT2D eigenvalue weighted by atomic mass is 19.1. The van der Waals surface area contributed by atoms with Gasteiger partial charge in [0.2, 0.25) is 0 Å². The number of alkyl halides is 1. The molecule has 5 nitrogen and oxygen atoms in total. The SMILES string of the molecule is O=C(N1CC2(C[C@@H](Oc3ncccc3F)CCO2)C1)C1(F)CC1. The second kappa shape index (κ2) is 5.12. The maximum absolute atomic E-state index is 13.8. The van der Waals surface area contributed by atoms with Gasteiger partial charge in [-0.3, -0.25) is 4.79 Å². The largest absolute Gasteiger partial charge is 0.472 e. The van der Waals surface area contributed by atoms with E-state index >= 15 is 0 Å². The maximum Gasteiger partial charge on any atom is 0.260 e. The highest BCUT2D eigenvalue weighted by molar-refractivity contribution is 5.88. The summed E-state index contributed by atoms with van der Waals surface area (Å²) >= 11 is 0. The van der Waals surface area contributed by atoms with Crippen molar-refractivity contribution in [1.82, 2.24) is 9.88 Å². The summed E-state index contributed by atoms with van der Waals surface area (Å²) < 4.78 is 38.9. The second-order valence-corrected chi connectivity index (χ2v) is 6.68. The third-order valence-corrected chi connectivity index (χ3v) is 4.77. The second-order valence-electron chi connectivity index (χ2n) is 6.68. The van der Waals surface area contributed by atoms with Gasteiger partial charge in [0.05, 0.1) is 19.7 Å². The Kier molecular flexibility index (Phi) is 3.30. The summed E-state index contributed by atoms with van der Waals surface area (Å²) in [6, 6.07) is 2.81. The van der Waals surface area contributed by atoms with E-state index in [0.29, 0.717) is 45.4 Å². The molecule has 1 aliphatic carbocycles. The van der Waals surface area contributed by atoms with Crippen LogP contribution < -0.4 is 4.74 Å². The van der Waals surface area contributed by atoms with Crippen LogP contribution in [0.4, 0.5) is 8.78 Å². The molecule has 4 rings (SSSR count). The minimum Gasteiger partial charge on any atom is -0.472 e. The fraction of sp³-hybridized carbons (Fsp3) is 0.625. The van der Waals surface area contributed by atoms with Crippen molar-refractivity contribution in [2.75, 3.05) is 19.7 Å². The Labute approximate surface area is 132 Å². The molecule has 0 N–H and O–H groups in total. The summed E-state index contributed by atoms with van der Waals surface area (Å²) in [5.74, 6) is -0.931. The molecule has 0 bridgehead atoms. The first-order valence-electron chi connectivity index (χ1n) is 7.89. The number of aromatic nitrogens is 1. The van der Waals surface area contributed by atoms with Crippen LogP contribution in [0.1, 0.15) is 25.7 Å². The number of hydrogen-bond acceptors (Lipinski definition) is 4. The van der Waals surface area contributed by atoms with Crippen molar-refractivity contribution in [2.24, 2.45) is 0 Å². The Bertz CT molecular complexity index is 630. The van der Waals surface area contributed by atoms with E-state index in [1.54, 1.807) is 0 Å². The fourth-order valence-electron chi connectivity index (χ4n) is 3.32. The van der Waals surface area contributed by atoms with Gasteiger partial charge in [-0.1, -0.05) is 0 Å². The van der Waals surface area contributed by atoms with Crippen LogP contribution in [0.2, 0.25) is 0 Å². The predicted molar refractivity (Wildman–Crippen MR) is 76.2 cm³/mol. The van der Waals surface area contributed by atoms with Crippen molar-refractivity contribution in [3.05, 3.63) is 24.1 Å². The van der Waals surface area contributed by atoms with Crippen molar-refractivity contribution in [3.8, 4) is 5.88 Å². The molecule has 1 amide bonds. The Balaban J connectivity index is 1.37. The summed E-state index contributed by atoms with van der Waals surface area (Å²) in [6.45, 7) is 1.23. The van der Waals surface area contributed by atoms with E-state index in [0.717, 1.165) is 0 Å². The molecular formula is C16H18F2N2O3. The first-order chi connectivity index (χ1) is 11.0. The van der Waals surface area contributed by atoms with Gasteiger partial charge in [0.1, 0.15) is 11.7 Å².